The van der Waals surface area contributed by atoms with Crippen LogP contribution in [0.1, 0.15) is 0 Å². The molecule has 0 atom stereocenters. The molecular weight excluding hydrogens is 632 g/mol. The minimum absolute atomic E-state index is 0.108. The van der Waals surface area contributed by atoms with Gasteiger partial charge in [0.2, 0.25) is 11.8 Å². The molecule has 3 heterocycles. The van der Waals surface area contributed by atoms with Crippen LogP contribution in [0.15, 0.2) is 118 Å². The van der Waals surface area contributed by atoms with Gasteiger partial charge in [-0.15, -0.1) is 0 Å². The molecule has 0 aliphatic carbocycles. The summed E-state index contributed by atoms with van der Waals surface area (Å²) in [4.78, 5) is 12.0. The maximum absolute atomic E-state index is 15.2. The van der Waals surface area contributed by atoms with Gasteiger partial charge in [-0.05, 0) is 78.4 Å². The fourth-order valence-corrected chi connectivity index (χ4v) is 6.33. The Hall–Kier alpha value is -6.73. The van der Waals surface area contributed by atoms with E-state index in [0.29, 0.717) is 39.7 Å². The fraction of sp³-hybridized carbons (Fsp3) is 0. The zero-order chi connectivity index (χ0) is 33.4. The standard InChI is InChI=1S/C39H18F4N4O2/c1-44-37-35(42)33(40)32(34(41)36(37)43)20-7-6-8-23(17-20)47-28-15-13-21(38-45-26-9-2-4-11-30(26)48-38)18-24(28)25-19-22(14-16-29(25)47)39-46-27-10-3-5-12-31(27)49-39/h2-19H. The largest absolute Gasteiger partial charge is 0.436 e. The van der Waals surface area contributed by atoms with Gasteiger partial charge in [0.05, 0.1) is 23.2 Å². The van der Waals surface area contributed by atoms with E-state index in [1.54, 1.807) is 12.1 Å². The Morgan fingerprint density at radius 2 is 1.08 bits per heavy atom. The molecule has 3 aromatic heterocycles. The molecule has 0 spiro atoms. The van der Waals surface area contributed by atoms with Crippen molar-refractivity contribution in [1.82, 2.24) is 14.5 Å². The van der Waals surface area contributed by atoms with Crippen molar-refractivity contribution in [2.24, 2.45) is 0 Å². The van der Waals surface area contributed by atoms with E-state index in [1.165, 1.54) is 12.1 Å². The van der Waals surface area contributed by atoms with E-state index in [4.69, 9.17) is 15.4 Å². The predicted molar refractivity (Wildman–Crippen MR) is 178 cm³/mol. The first-order chi connectivity index (χ1) is 23.9. The van der Waals surface area contributed by atoms with Gasteiger partial charge >= 0.3 is 0 Å². The summed E-state index contributed by atoms with van der Waals surface area (Å²) >= 11 is 0. The van der Waals surface area contributed by atoms with Crippen LogP contribution in [0.4, 0.5) is 23.2 Å². The lowest BCUT2D eigenvalue weighted by atomic mass is 10.0. The first kappa shape index (κ1) is 28.5. The van der Waals surface area contributed by atoms with Crippen LogP contribution in [0.25, 0.3) is 88.6 Å². The number of rotatable bonds is 4. The Labute approximate surface area is 273 Å². The van der Waals surface area contributed by atoms with Gasteiger partial charge in [-0.3, -0.25) is 0 Å². The van der Waals surface area contributed by atoms with Crippen molar-refractivity contribution in [2.75, 3.05) is 0 Å². The van der Waals surface area contributed by atoms with Crippen LogP contribution in [0.5, 0.6) is 0 Å². The molecule has 6 aromatic carbocycles. The summed E-state index contributed by atoms with van der Waals surface area (Å²) in [5.74, 6) is -5.92. The third-order valence-electron chi connectivity index (χ3n) is 8.59. The highest BCUT2D eigenvalue weighted by Crippen LogP contribution is 2.40. The van der Waals surface area contributed by atoms with Gasteiger partial charge in [-0.2, -0.15) is 0 Å². The molecule has 0 amide bonds. The molecule has 0 bridgehead atoms. The maximum Gasteiger partial charge on any atom is 0.262 e. The number of nitrogens with zero attached hydrogens (tertiary/aromatic N) is 4. The van der Waals surface area contributed by atoms with E-state index >= 15 is 8.78 Å². The summed E-state index contributed by atoms with van der Waals surface area (Å²) < 4.78 is 73.6. The third-order valence-corrected chi connectivity index (χ3v) is 8.59. The summed E-state index contributed by atoms with van der Waals surface area (Å²) in [6, 6.07) is 32.4. The number of hydrogen-bond acceptors (Lipinski definition) is 4. The molecule has 0 saturated carbocycles. The highest BCUT2D eigenvalue weighted by molar-refractivity contribution is 6.11. The molecule has 9 rings (SSSR count). The highest BCUT2D eigenvalue weighted by atomic mass is 19.2. The van der Waals surface area contributed by atoms with Gasteiger partial charge < -0.3 is 13.4 Å². The minimum Gasteiger partial charge on any atom is -0.436 e. The molecule has 0 radical (unpaired) electrons. The predicted octanol–water partition coefficient (Wildman–Crippen LogP) is 11.2. The molecule has 9 aromatic rings. The minimum atomic E-state index is -1.75. The van der Waals surface area contributed by atoms with Crippen molar-refractivity contribution < 1.29 is 26.4 Å². The van der Waals surface area contributed by atoms with Gasteiger partial charge in [0.25, 0.3) is 5.69 Å². The van der Waals surface area contributed by atoms with E-state index in [1.807, 2.05) is 89.5 Å². The van der Waals surface area contributed by atoms with Crippen LogP contribution in [0.3, 0.4) is 0 Å². The number of aromatic nitrogens is 3. The van der Waals surface area contributed by atoms with Gasteiger partial charge in [-0.1, -0.05) is 36.4 Å². The van der Waals surface area contributed by atoms with Gasteiger partial charge in [0, 0.05) is 27.6 Å². The van der Waals surface area contributed by atoms with Crippen molar-refractivity contribution >= 4 is 49.7 Å². The number of para-hydroxylation sites is 4. The number of benzene rings is 6. The first-order valence-corrected chi connectivity index (χ1v) is 15.0. The summed E-state index contributed by atoms with van der Waals surface area (Å²) in [5.41, 5.74) is 3.74. The van der Waals surface area contributed by atoms with E-state index in [0.717, 1.165) is 32.9 Å². The monoisotopic (exact) mass is 650 g/mol. The Kier molecular flexibility index (Phi) is 6.19. The van der Waals surface area contributed by atoms with Crippen molar-refractivity contribution in [3.63, 3.8) is 0 Å². The van der Waals surface area contributed by atoms with Crippen molar-refractivity contribution in [2.45, 2.75) is 0 Å². The average Bonchev–Trinajstić information content (AvgIpc) is 3.85. The first-order valence-electron chi connectivity index (χ1n) is 15.0. The molecule has 0 fully saturated rings. The molecule has 0 unspecified atom stereocenters. The van der Waals surface area contributed by atoms with Gasteiger partial charge in [0.15, 0.2) is 34.4 Å². The normalized spacial score (nSPS) is 11.7. The number of hydrogen-bond donors (Lipinski definition) is 0. The Morgan fingerprint density at radius 1 is 0.551 bits per heavy atom. The van der Waals surface area contributed by atoms with E-state index in [9.17, 15) is 8.78 Å². The smallest absolute Gasteiger partial charge is 0.262 e. The number of oxazole rings is 2. The summed E-state index contributed by atoms with van der Waals surface area (Å²) in [6.45, 7) is 6.96. The molecule has 0 saturated heterocycles. The third kappa shape index (κ3) is 4.33. The second kappa shape index (κ2) is 10.7. The van der Waals surface area contributed by atoms with Crippen LogP contribution in [0, 0.1) is 29.8 Å². The molecule has 49 heavy (non-hydrogen) atoms. The van der Waals surface area contributed by atoms with E-state index in [-0.39, 0.29) is 5.56 Å². The topological polar surface area (TPSA) is 61.4 Å². The average molecular weight is 651 g/mol. The van der Waals surface area contributed by atoms with Crippen molar-refractivity contribution in [3.05, 3.63) is 144 Å². The van der Waals surface area contributed by atoms with Crippen LogP contribution in [0.2, 0.25) is 0 Å². The second-order valence-corrected chi connectivity index (χ2v) is 11.4. The molecule has 234 valence electrons. The fourth-order valence-electron chi connectivity index (χ4n) is 6.33. The summed E-state index contributed by atoms with van der Waals surface area (Å²) in [5, 5.41) is 1.60. The van der Waals surface area contributed by atoms with Crippen LogP contribution >= 0.6 is 0 Å². The zero-order valence-corrected chi connectivity index (χ0v) is 25.0. The number of fused-ring (bicyclic) bond motifs is 5. The molecule has 10 heteroatoms. The highest BCUT2D eigenvalue weighted by Gasteiger charge is 2.27. The maximum atomic E-state index is 15.2. The zero-order valence-electron chi connectivity index (χ0n) is 25.0. The SMILES string of the molecule is [C-]#[N+]c1c(F)c(F)c(-c2cccc(-n3c4ccc(-c5nc6ccccc6o5)cc4c4cc(-c5nc6ccccc6o5)ccc43)c2)c(F)c1F. The van der Waals surface area contributed by atoms with Crippen molar-refractivity contribution in [1.29, 1.82) is 0 Å². The quantitative estimate of drug-likeness (QED) is 0.108. The van der Waals surface area contributed by atoms with Crippen LogP contribution in [-0.4, -0.2) is 14.5 Å². The molecular formula is C39H18F4N4O2. The Bertz CT molecular complexity index is 2640. The molecule has 0 aliphatic heterocycles. The lowest BCUT2D eigenvalue weighted by Gasteiger charge is -2.13. The molecule has 0 aliphatic rings. The van der Waals surface area contributed by atoms with Gasteiger partial charge in [-0.25, -0.2) is 32.4 Å². The number of halogens is 4. The molecule has 0 N–H and O–H groups in total. The molecule has 6 nitrogen and oxygen atoms in total. The lowest BCUT2D eigenvalue weighted by molar-refractivity contribution is 0.465. The lowest BCUT2D eigenvalue weighted by Crippen LogP contribution is -2.01. The van der Waals surface area contributed by atoms with Gasteiger partial charge in [0.1, 0.15) is 11.0 Å². The van der Waals surface area contributed by atoms with Crippen molar-refractivity contribution in [3.8, 4) is 39.7 Å². The second-order valence-electron chi connectivity index (χ2n) is 11.4. The van der Waals surface area contributed by atoms with E-state index in [2.05, 4.69) is 14.8 Å². The van der Waals surface area contributed by atoms with Crippen LogP contribution < -0.4 is 0 Å². The van der Waals surface area contributed by atoms with Crippen LogP contribution in [-0.2, 0) is 0 Å². The summed E-state index contributed by atoms with van der Waals surface area (Å²) in [6.07, 6.45) is 0. The van der Waals surface area contributed by atoms with E-state index < -0.39 is 34.5 Å². The Balaban J connectivity index is 1.28. The summed E-state index contributed by atoms with van der Waals surface area (Å²) in [7, 11) is 0. The Morgan fingerprint density at radius 3 is 1.59 bits per heavy atom.